The summed E-state index contributed by atoms with van der Waals surface area (Å²) in [5, 5.41) is 18.4. The van der Waals surface area contributed by atoms with E-state index in [-0.39, 0.29) is 25.6 Å². The molecule has 10 heteroatoms. The van der Waals surface area contributed by atoms with Crippen LogP contribution in [0.1, 0.15) is 251 Å². The quantitative estimate of drug-likeness (QED) is 0.0237. The number of aliphatic hydroxyl groups is 2. The molecule has 59 heavy (non-hydrogen) atoms. The second-order valence-electron chi connectivity index (χ2n) is 17.2. The van der Waals surface area contributed by atoms with Crippen LogP contribution in [0.25, 0.3) is 0 Å². The van der Waals surface area contributed by atoms with Gasteiger partial charge in [-0.2, -0.15) is 0 Å². The van der Waals surface area contributed by atoms with Gasteiger partial charge in [0.15, 0.2) is 0 Å². The zero-order valence-corrected chi connectivity index (χ0v) is 39.6. The van der Waals surface area contributed by atoms with E-state index in [1.54, 1.807) is 0 Å². The lowest BCUT2D eigenvalue weighted by Crippen LogP contribution is -2.29. The van der Waals surface area contributed by atoms with E-state index >= 15 is 0 Å². The molecular weight excluding hydrogens is 764 g/mol. The van der Waals surface area contributed by atoms with E-state index in [2.05, 4.69) is 26.0 Å². The molecule has 0 saturated carbocycles. The highest BCUT2D eigenvalue weighted by atomic mass is 31.2. The normalized spacial score (nSPS) is 13.9. The van der Waals surface area contributed by atoms with Gasteiger partial charge in [-0.3, -0.25) is 13.8 Å². The summed E-state index contributed by atoms with van der Waals surface area (Å²) in [6.07, 6.45) is 48.9. The highest BCUT2D eigenvalue weighted by Crippen LogP contribution is 2.43. The van der Waals surface area contributed by atoms with Crippen LogP contribution in [0.15, 0.2) is 12.2 Å². The van der Waals surface area contributed by atoms with E-state index in [9.17, 15) is 19.4 Å². The number of carbonyl (C=O) groups is 1. The number of hydrogen-bond donors (Lipinski definition) is 3. The van der Waals surface area contributed by atoms with Gasteiger partial charge in [-0.05, 0) is 38.5 Å². The molecule has 0 aromatic heterocycles. The maximum absolute atomic E-state index is 12.7. The Morgan fingerprint density at radius 1 is 0.508 bits per heavy atom. The lowest BCUT2D eigenvalue weighted by atomic mass is 10.0. The topological polar surface area (TPSA) is 132 Å². The number of phosphoric acid groups is 1. The summed E-state index contributed by atoms with van der Waals surface area (Å²) in [4.78, 5) is 22.7. The Labute approximate surface area is 364 Å². The molecule has 0 rings (SSSR count). The van der Waals surface area contributed by atoms with Crippen molar-refractivity contribution in [3.05, 3.63) is 12.2 Å². The molecule has 0 aliphatic heterocycles. The number of allylic oxidation sites excluding steroid dienone is 2. The van der Waals surface area contributed by atoms with Gasteiger partial charge in [-0.15, -0.1) is 0 Å². The predicted molar refractivity (Wildman–Crippen MR) is 247 cm³/mol. The van der Waals surface area contributed by atoms with Crippen LogP contribution in [0.3, 0.4) is 0 Å². The number of carbonyl (C=O) groups excluding carboxylic acids is 1. The molecule has 0 aromatic rings. The Kier molecular flexibility index (Phi) is 46.1. The summed E-state index contributed by atoms with van der Waals surface area (Å²) in [5.41, 5.74) is 0. The fraction of sp³-hybridized carbons (Fsp3) is 0.939. The largest absolute Gasteiger partial charge is 0.472 e. The highest BCUT2D eigenvalue weighted by Gasteiger charge is 2.26. The first-order chi connectivity index (χ1) is 28.8. The maximum Gasteiger partial charge on any atom is 0.472 e. The van der Waals surface area contributed by atoms with Crippen LogP contribution in [0.2, 0.25) is 0 Å². The van der Waals surface area contributed by atoms with Gasteiger partial charge in [0, 0.05) is 13.0 Å². The molecule has 0 amide bonds. The lowest BCUT2D eigenvalue weighted by molar-refractivity contribution is -0.154. The number of ether oxygens (including phenoxy) is 2. The van der Waals surface area contributed by atoms with Gasteiger partial charge in [0.25, 0.3) is 0 Å². The summed E-state index contributed by atoms with van der Waals surface area (Å²) >= 11 is 0. The minimum Gasteiger partial charge on any atom is -0.457 e. The van der Waals surface area contributed by atoms with E-state index in [1.807, 2.05) is 0 Å². The minimum atomic E-state index is -4.52. The smallest absolute Gasteiger partial charge is 0.457 e. The Hall–Kier alpha value is -0.800. The summed E-state index contributed by atoms with van der Waals surface area (Å²) < 4.78 is 33.5. The van der Waals surface area contributed by atoms with E-state index in [1.165, 1.54) is 199 Å². The SMILES string of the molecule is CCCCCCCCCC/C=C\CCCCCCCCCCCCOCC(COP(=O)(O)OCC(O)CO)OC(=O)CCCCCCCCCCCCCCCCCC. The second kappa shape index (κ2) is 46.7. The van der Waals surface area contributed by atoms with Crippen LogP contribution in [0.5, 0.6) is 0 Å². The predicted octanol–water partition coefficient (Wildman–Crippen LogP) is 14.4. The Bertz CT molecular complexity index is 933. The number of aliphatic hydroxyl groups excluding tert-OH is 2. The number of hydrogen-bond acceptors (Lipinski definition) is 8. The van der Waals surface area contributed by atoms with Crippen molar-refractivity contribution in [3.8, 4) is 0 Å². The average molecular weight is 861 g/mol. The van der Waals surface area contributed by atoms with Crippen molar-refractivity contribution in [2.24, 2.45) is 0 Å². The molecular formula is C49H97O9P. The van der Waals surface area contributed by atoms with Gasteiger partial charge in [-0.1, -0.05) is 219 Å². The average Bonchev–Trinajstić information content (AvgIpc) is 3.23. The Morgan fingerprint density at radius 2 is 0.864 bits per heavy atom. The van der Waals surface area contributed by atoms with E-state index in [0.717, 1.165) is 32.1 Å². The van der Waals surface area contributed by atoms with E-state index < -0.39 is 33.2 Å². The standard InChI is InChI=1S/C49H97O9P/c1-3-5-7-9-11-13-15-17-19-21-22-23-24-25-26-28-30-32-34-36-38-40-42-55-45-48(46-57-59(53,54)56-44-47(51)43-50)58-49(52)41-39-37-35-33-31-29-27-20-18-16-14-12-10-8-6-4-2/h21-22,47-48,50-51H,3-20,23-46H2,1-2H3,(H,53,54)/b22-21-. The van der Waals surface area contributed by atoms with Crippen LogP contribution < -0.4 is 0 Å². The first-order valence-corrected chi connectivity index (χ1v) is 26.7. The first-order valence-electron chi connectivity index (χ1n) is 25.2. The molecule has 9 nitrogen and oxygen atoms in total. The van der Waals surface area contributed by atoms with Gasteiger partial charge in [-0.25, -0.2) is 4.57 Å². The van der Waals surface area contributed by atoms with Crippen LogP contribution in [0.4, 0.5) is 0 Å². The van der Waals surface area contributed by atoms with Gasteiger partial charge in [0.2, 0.25) is 0 Å². The van der Waals surface area contributed by atoms with Crippen molar-refractivity contribution in [2.45, 2.75) is 264 Å². The van der Waals surface area contributed by atoms with Crippen LogP contribution in [-0.4, -0.2) is 66.3 Å². The molecule has 0 heterocycles. The summed E-state index contributed by atoms with van der Waals surface area (Å²) in [5.74, 6) is -0.377. The summed E-state index contributed by atoms with van der Waals surface area (Å²) in [6.45, 7) is 3.58. The molecule has 0 radical (unpaired) electrons. The molecule has 0 aliphatic rings. The molecule has 0 aromatic carbocycles. The van der Waals surface area contributed by atoms with Crippen molar-refractivity contribution >= 4 is 13.8 Å². The zero-order chi connectivity index (χ0) is 43.2. The fourth-order valence-corrected chi connectivity index (χ4v) is 8.14. The van der Waals surface area contributed by atoms with Crippen molar-refractivity contribution < 1.29 is 43.0 Å². The molecule has 3 atom stereocenters. The van der Waals surface area contributed by atoms with Crippen molar-refractivity contribution in [1.82, 2.24) is 0 Å². The zero-order valence-electron chi connectivity index (χ0n) is 38.7. The monoisotopic (exact) mass is 861 g/mol. The molecule has 3 unspecified atom stereocenters. The summed E-state index contributed by atoms with van der Waals surface area (Å²) in [7, 11) is -4.52. The van der Waals surface area contributed by atoms with E-state index in [0.29, 0.717) is 6.61 Å². The van der Waals surface area contributed by atoms with Gasteiger partial charge in [0.1, 0.15) is 12.2 Å². The fourth-order valence-electron chi connectivity index (χ4n) is 7.35. The molecule has 0 fully saturated rings. The van der Waals surface area contributed by atoms with Crippen molar-refractivity contribution in [2.75, 3.05) is 33.0 Å². The van der Waals surface area contributed by atoms with Gasteiger partial charge >= 0.3 is 13.8 Å². The van der Waals surface area contributed by atoms with Crippen molar-refractivity contribution in [3.63, 3.8) is 0 Å². The Morgan fingerprint density at radius 3 is 1.27 bits per heavy atom. The highest BCUT2D eigenvalue weighted by molar-refractivity contribution is 7.47. The first kappa shape index (κ1) is 58.2. The molecule has 352 valence electrons. The third kappa shape index (κ3) is 46.5. The number of phosphoric ester groups is 1. The second-order valence-corrected chi connectivity index (χ2v) is 18.6. The van der Waals surface area contributed by atoms with E-state index in [4.69, 9.17) is 23.6 Å². The van der Waals surface area contributed by atoms with Crippen molar-refractivity contribution in [1.29, 1.82) is 0 Å². The maximum atomic E-state index is 12.7. The number of esters is 1. The summed E-state index contributed by atoms with van der Waals surface area (Å²) in [6, 6.07) is 0. The third-order valence-electron chi connectivity index (χ3n) is 11.2. The van der Waals surface area contributed by atoms with Gasteiger partial charge in [0.05, 0.1) is 26.4 Å². The number of rotatable bonds is 49. The molecule has 0 bridgehead atoms. The molecule has 0 spiro atoms. The molecule has 0 aliphatic carbocycles. The Balaban J connectivity index is 4.03. The number of unbranched alkanes of at least 4 members (excludes halogenated alkanes) is 33. The lowest BCUT2D eigenvalue weighted by Gasteiger charge is -2.20. The van der Waals surface area contributed by atoms with Gasteiger partial charge < -0.3 is 24.6 Å². The van der Waals surface area contributed by atoms with Crippen LogP contribution in [-0.2, 0) is 27.9 Å². The molecule has 0 saturated heterocycles. The molecule has 3 N–H and O–H groups in total. The van der Waals surface area contributed by atoms with Crippen LogP contribution >= 0.6 is 7.82 Å². The van der Waals surface area contributed by atoms with Crippen LogP contribution in [0, 0.1) is 0 Å². The minimum absolute atomic E-state index is 0.0546. The third-order valence-corrected chi connectivity index (χ3v) is 12.2.